The van der Waals surface area contributed by atoms with Crippen molar-refractivity contribution in [1.82, 2.24) is 0 Å². The van der Waals surface area contributed by atoms with E-state index in [9.17, 15) is 8.42 Å². The maximum Gasteiger partial charge on any atom is 0.175 e. The second-order valence-corrected chi connectivity index (χ2v) is 6.68. The standard InChI is InChI=1S/C14H14O3S2/c1-17-14-4-2-13(3-5-14)11-19(15,16)9-7-12-6-8-18-10-12/h2-10H,11H2,1H3. The molecule has 0 amide bonds. The Morgan fingerprint density at radius 1 is 1.21 bits per heavy atom. The molecule has 3 nitrogen and oxygen atoms in total. The molecule has 0 aliphatic heterocycles. The van der Waals surface area contributed by atoms with Crippen molar-refractivity contribution in [2.45, 2.75) is 5.75 Å². The van der Waals surface area contributed by atoms with Crippen molar-refractivity contribution in [2.24, 2.45) is 0 Å². The van der Waals surface area contributed by atoms with Gasteiger partial charge in [-0.1, -0.05) is 12.1 Å². The molecule has 0 unspecified atom stereocenters. The lowest BCUT2D eigenvalue weighted by Crippen LogP contribution is -1.99. The molecule has 5 heteroatoms. The Bertz CT molecular complexity index is 639. The number of methoxy groups -OCH3 is 1. The summed E-state index contributed by atoms with van der Waals surface area (Å²) in [5, 5.41) is 5.08. The minimum atomic E-state index is -3.25. The van der Waals surface area contributed by atoms with Crippen LogP contribution in [-0.2, 0) is 15.6 Å². The minimum absolute atomic E-state index is 0.00235. The van der Waals surface area contributed by atoms with Gasteiger partial charge in [-0.25, -0.2) is 8.42 Å². The number of rotatable bonds is 5. The molecule has 2 rings (SSSR count). The van der Waals surface area contributed by atoms with Crippen molar-refractivity contribution in [3.63, 3.8) is 0 Å². The third-order valence-corrected chi connectivity index (χ3v) is 4.53. The van der Waals surface area contributed by atoms with Crippen molar-refractivity contribution in [3.05, 3.63) is 57.6 Å². The molecule has 0 saturated heterocycles. The van der Waals surface area contributed by atoms with Crippen molar-refractivity contribution >= 4 is 27.3 Å². The Hall–Kier alpha value is -1.59. The highest BCUT2D eigenvalue weighted by molar-refractivity contribution is 7.93. The SMILES string of the molecule is COc1ccc(CS(=O)(=O)C=Cc2ccsc2)cc1. The molecule has 19 heavy (non-hydrogen) atoms. The Morgan fingerprint density at radius 2 is 1.95 bits per heavy atom. The van der Waals surface area contributed by atoms with Gasteiger partial charge < -0.3 is 4.74 Å². The molecule has 100 valence electrons. The summed E-state index contributed by atoms with van der Waals surface area (Å²) in [5.41, 5.74) is 1.65. The molecule has 1 heterocycles. The van der Waals surface area contributed by atoms with Crippen molar-refractivity contribution in [2.75, 3.05) is 7.11 Å². The first-order valence-corrected chi connectivity index (χ1v) is 8.31. The van der Waals surface area contributed by atoms with E-state index in [2.05, 4.69) is 0 Å². The average molecular weight is 294 g/mol. The van der Waals surface area contributed by atoms with Gasteiger partial charge in [0.25, 0.3) is 0 Å². The summed E-state index contributed by atoms with van der Waals surface area (Å²) in [6.45, 7) is 0. The fraction of sp³-hybridized carbons (Fsp3) is 0.143. The monoisotopic (exact) mass is 294 g/mol. The van der Waals surface area contributed by atoms with Gasteiger partial charge in [0.2, 0.25) is 0 Å². The van der Waals surface area contributed by atoms with E-state index in [0.29, 0.717) is 0 Å². The van der Waals surface area contributed by atoms with Crippen LogP contribution in [-0.4, -0.2) is 15.5 Å². The largest absolute Gasteiger partial charge is 0.497 e. The highest BCUT2D eigenvalue weighted by Gasteiger charge is 2.07. The first-order valence-electron chi connectivity index (χ1n) is 5.65. The van der Waals surface area contributed by atoms with Crippen molar-refractivity contribution in [3.8, 4) is 5.75 Å². The van der Waals surface area contributed by atoms with Crippen LogP contribution in [0.4, 0.5) is 0 Å². The van der Waals surface area contributed by atoms with Gasteiger partial charge in [-0.3, -0.25) is 0 Å². The van der Waals surface area contributed by atoms with Gasteiger partial charge in [0.05, 0.1) is 12.9 Å². The normalized spacial score (nSPS) is 11.8. The van der Waals surface area contributed by atoms with Gasteiger partial charge in [0.1, 0.15) is 5.75 Å². The highest BCUT2D eigenvalue weighted by atomic mass is 32.2. The van der Waals surface area contributed by atoms with Crippen LogP contribution in [0.25, 0.3) is 6.08 Å². The molecular formula is C14H14O3S2. The van der Waals surface area contributed by atoms with Crippen LogP contribution in [0.2, 0.25) is 0 Å². The highest BCUT2D eigenvalue weighted by Crippen LogP contribution is 2.15. The number of hydrogen-bond donors (Lipinski definition) is 0. The molecule has 0 fully saturated rings. The van der Waals surface area contributed by atoms with Gasteiger partial charge in [0, 0.05) is 5.41 Å². The number of sulfone groups is 1. The molecule has 0 saturated carbocycles. The predicted octanol–water partition coefficient (Wildman–Crippen LogP) is 3.34. The first kappa shape index (κ1) is 13.8. The number of hydrogen-bond acceptors (Lipinski definition) is 4. The average Bonchev–Trinajstić information content (AvgIpc) is 2.90. The smallest absolute Gasteiger partial charge is 0.175 e. The first-order chi connectivity index (χ1) is 9.09. The van der Waals surface area contributed by atoms with Crippen LogP contribution in [0, 0.1) is 0 Å². The molecule has 1 aromatic heterocycles. The third-order valence-electron chi connectivity index (χ3n) is 2.54. The molecular weight excluding hydrogens is 280 g/mol. The minimum Gasteiger partial charge on any atom is -0.497 e. The number of ether oxygens (including phenoxy) is 1. The van der Waals surface area contributed by atoms with E-state index < -0.39 is 9.84 Å². The summed E-state index contributed by atoms with van der Waals surface area (Å²) in [6.07, 6.45) is 1.62. The number of benzene rings is 1. The molecule has 2 aromatic rings. The second kappa shape index (κ2) is 6.04. The fourth-order valence-electron chi connectivity index (χ4n) is 1.55. The Labute approximate surface area is 117 Å². The van der Waals surface area contributed by atoms with Crippen LogP contribution < -0.4 is 4.74 Å². The molecule has 0 spiro atoms. The van der Waals surface area contributed by atoms with Crippen LogP contribution in [0.1, 0.15) is 11.1 Å². The lowest BCUT2D eigenvalue weighted by molar-refractivity contribution is 0.414. The molecule has 0 radical (unpaired) electrons. The maximum absolute atomic E-state index is 11.9. The van der Waals surface area contributed by atoms with Gasteiger partial charge in [0.15, 0.2) is 9.84 Å². The molecule has 0 N–H and O–H groups in total. The van der Waals surface area contributed by atoms with Gasteiger partial charge in [-0.05, 0) is 46.2 Å². The second-order valence-electron chi connectivity index (χ2n) is 4.01. The van der Waals surface area contributed by atoms with Crippen LogP contribution in [0.5, 0.6) is 5.75 Å². The zero-order valence-corrected chi connectivity index (χ0v) is 12.1. The van der Waals surface area contributed by atoms with Crippen molar-refractivity contribution in [1.29, 1.82) is 0 Å². The topological polar surface area (TPSA) is 43.4 Å². The predicted molar refractivity (Wildman–Crippen MR) is 79.0 cm³/mol. The lowest BCUT2D eigenvalue weighted by atomic mass is 10.2. The van der Waals surface area contributed by atoms with E-state index in [-0.39, 0.29) is 5.75 Å². The van der Waals surface area contributed by atoms with E-state index >= 15 is 0 Å². The summed E-state index contributed by atoms with van der Waals surface area (Å²) < 4.78 is 28.9. The zero-order chi connectivity index (χ0) is 13.7. The molecule has 0 bridgehead atoms. The summed E-state index contributed by atoms with van der Waals surface area (Å²) in [7, 11) is -1.67. The molecule has 0 aliphatic rings. The van der Waals surface area contributed by atoms with E-state index in [1.807, 2.05) is 16.8 Å². The van der Waals surface area contributed by atoms with E-state index in [0.717, 1.165) is 16.9 Å². The van der Waals surface area contributed by atoms with E-state index in [1.165, 1.54) is 16.7 Å². The lowest BCUT2D eigenvalue weighted by Gasteiger charge is -2.02. The van der Waals surface area contributed by atoms with E-state index in [1.54, 1.807) is 37.5 Å². The summed E-state index contributed by atoms with van der Waals surface area (Å²) in [6, 6.07) is 8.91. The summed E-state index contributed by atoms with van der Waals surface area (Å²) >= 11 is 1.54. The number of thiophene rings is 1. The third kappa shape index (κ3) is 4.22. The van der Waals surface area contributed by atoms with Gasteiger partial charge in [-0.15, -0.1) is 0 Å². The summed E-state index contributed by atoms with van der Waals surface area (Å²) in [5.74, 6) is 0.715. The Balaban J connectivity index is 2.08. The Morgan fingerprint density at radius 3 is 2.53 bits per heavy atom. The Kier molecular flexibility index (Phi) is 4.39. The maximum atomic E-state index is 11.9. The van der Waals surface area contributed by atoms with Gasteiger partial charge >= 0.3 is 0 Å². The van der Waals surface area contributed by atoms with Crippen molar-refractivity contribution < 1.29 is 13.2 Å². The quantitative estimate of drug-likeness (QED) is 0.849. The molecule has 0 atom stereocenters. The van der Waals surface area contributed by atoms with Crippen LogP contribution in [0.3, 0.4) is 0 Å². The molecule has 1 aromatic carbocycles. The van der Waals surface area contributed by atoms with Crippen LogP contribution >= 0.6 is 11.3 Å². The van der Waals surface area contributed by atoms with Gasteiger partial charge in [-0.2, -0.15) is 11.3 Å². The van der Waals surface area contributed by atoms with Crippen LogP contribution in [0.15, 0.2) is 46.5 Å². The summed E-state index contributed by atoms with van der Waals surface area (Å²) in [4.78, 5) is 0. The van der Waals surface area contributed by atoms with E-state index in [4.69, 9.17) is 4.74 Å². The fourth-order valence-corrected chi connectivity index (χ4v) is 3.30. The molecule has 0 aliphatic carbocycles. The zero-order valence-electron chi connectivity index (χ0n) is 10.4.